The highest BCUT2D eigenvalue weighted by molar-refractivity contribution is 5.93. The van der Waals surface area contributed by atoms with E-state index < -0.39 is 0 Å². The lowest BCUT2D eigenvalue weighted by Gasteiger charge is -3.22. The van der Waals surface area contributed by atoms with Gasteiger partial charge in [0.2, 0.25) is 5.91 Å². The first-order chi connectivity index (χ1) is 18.1. The van der Waals surface area contributed by atoms with Crippen molar-refractivity contribution in [3.63, 3.8) is 0 Å². The van der Waals surface area contributed by atoms with E-state index in [1.807, 2.05) is 0 Å². The van der Waals surface area contributed by atoms with Crippen molar-refractivity contribution in [2.75, 3.05) is 5.32 Å². The Kier molecular flexibility index (Phi) is 1.60. The highest BCUT2D eigenvalue weighted by Gasteiger charge is 3.26. The number of nitrogens with two attached hydrogens (primary N) is 1. The third kappa shape index (κ3) is 0.772. The fourth-order valence-corrected chi connectivity index (χ4v) is 22.8. The van der Waals surface area contributed by atoms with E-state index >= 15 is 0 Å². The van der Waals surface area contributed by atoms with Crippen molar-refractivity contribution in [3.8, 4) is 0 Å². The van der Waals surface area contributed by atoms with Gasteiger partial charge in [0.25, 0.3) is 0 Å². The predicted octanol–water partition coefficient (Wildman–Crippen LogP) is 3.43. The number of hydrogen-bond acceptors (Lipinski definition) is 3. The quantitative estimate of drug-likeness (QED) is 0.675. The fraction of sp³-hybridized carbons (Fsp3) is 0.818. The first-order valence-electron chi connectivity index (χ1n) is 16.2. The summed E-state index contributed by atoms with van der Waals surface area (Å²) in [5.41, 5.74) is 12.7. The average Bonchev–Trinajstić information content (AvgIpc) is 3.38. The van der Waals surface area contributed by atoms with Crippen LogP contribution in [0.1, 0.15) is 41.6 Å². The summed E-state index contributed by atoms with van der Waals surface area (Å²) in [5, 5.41) is 4.09. The zero-order valence-corrected chi connectivity index (χ0v) is 20.9. The van der Waals surface area contributed by atoms with Gasteiger partial charge in [-0.15, -0.1) is 0 Å². The molecule has 0 radical (unpaired) electrons. The summed E-state index contributed by atoms with van der Waals surface area (Å²) in [7, 11) is 0. The van der Waals surface area contributed by atoms with E-state index in [0.29, 0.717) is 11.6 Å². The molecule has 22 unspecified atom stereocenters. The summed E-state index contributed by atoms with van der Waals surface area (Å²) >= 11 is 0. The Hall–Kier alpha value is -1.58. The number of primary amides is 1. The van der Waals surface area contributed by atoms with E-state index in [9.17, 15) is 4.79 Å². The topological polar surface area (TPSA) is 68.0 Å². The predicted molar refractivity (Wildman–Crippen MR) is 129 cm³/mol. The second kappa shape index (κ2) is 3.59. The zero-order valence-electron chi connectivity index (χ0n) is 20.9. The standard InChI is InChI=1S/C33H31N3O/c34-26(37)9-1-8-2-16(36-27(8)35-7-9)22-17-18-12-3-10-5-14-20-24-25-21-15-6-11-4-13-19-23(17)33(25,31(19,21)29(11,13)15)32(22,24)30(18,20)28(10,12)14/h1,7,10-25H,2-6H2,(H2,34,37)(H,35,36). The van der Waals surface area contributed by atoms with Crippen molar-refractivity contribution < 1.29 is 4.79 Å². The van der Waals surface area contributed by atoms with Gasteiger partial charge in [-0.25, -0.2) is 4.98 Å². The molecule has 6 spiro atoms. The monoisotopic (exact) mass is 485 g/mol. The minimum atomic E-state index is -0.328. The molecule has 2 heterocycles. The summed E-state index contributed by atoms with van der Waals surface area (Å²) < 4.78 is 0. The Morgan fingerprint density at radius 1 is 0.784 bits per heavy atom. The van der Waals surface area contributed by atoms with Crippen LogP contribution in [0, 0.1) is 121 Å². The third-order valence-electron chi connectivity index (χ3n) is 20.6. The fourth-order valence-electron chi connectivity index (χ4n) is 22.8. The van der Waals surface area contributed by atoms with Crippen LogP contribution in [0.4, 0.5) is 5.82 Å². The molecule has 184 valence electrons. The molecule has 22 atom stereocenters. The molecule has 0 saturated heterocycles. The minimum Gasteiger partial charge on any atom is -0.366 e. The number of pyridine rings is 1. The molecule has 16 rings (SSSR count). The molecule has 1 aromatic heterocycles. The van der Waals surface area contributed by atoms with Crippen molar-refractivity contribution in [2.45, 2.75) is 38.1 Å². The smallest absolute Gasteiger partial charge is 0.250 e. The van der Waals surface area contributed by atoms with E-state index in [1.54, 1.807) is 31.9 Å². The Morgan fingerprint density at radius 3 is 2.03 bits per heavy atom. The van der Waals surface area contributed by atoms with Crippen LogP contribution < -0.4 is 11.1 Å². The second-order valence-electron chi connectivity index (χ2n) is 17.9. The molecule has 15 aliphatic rings. The minimum absolute atomic E-state index is 0.328. The molecular formula is C33H31N3O. The molecule has 0 aromatic carbocycles. The maximum absolute atomic E-state index is 12.0. The van der Waals surface area contributed by atoms with E-state index in [0.717, 1.165) is 86.2 Å². The van der Waals surface area contributed by atoms with Gasteiger partial charge in [0, 0.05) is 12.2 Å². The number of anilines is 1. The molecular weight excluding hydrogens is 454 g/mol. The number of hydrogen-bond donors (Lipinski definition) is 2. The lowest BCUT2D eigenvalue weighted by molar-refractivity contribution is -0.767. The Labute approximate surface area is 215 Å². The third-order valence-corrected chi connectivity index (χ3v) is 20.6. The number of nitrogens with zero attached hydrogens (tertiary/aromatic N) is 1. The van der Waals surface area contributed by atoms with Gasteiger partial charge in [-0.3, -0.25) is 4.79 Å². The second-order valence-corrected chi connectivity index (χ2v) is 17.9. The van der Waals surface area contributed by atoms with Gasteiger partial charge in [0.15, 0.2) is 0 Å². The first-order valence-corrected chi connectivity index (χ1v) is 16.2. The molecule has 1 aromatic rings. The zero-order chi connectivity index (χ0) is 22.9. The number of rotatable bonds is 2. The van der Waals surface area contributed by atoms with E-state index in [2.05, 4.69) is 11.4 Å². The van der Waals surface area contributed by atoms with Gasteiger partial charge in [0.1, 0.15) is 5.82 Å². The summed E-state index contributed by atoms with van der Waals surface area (Å²) in [6.07, 6.45) is 9.39. The summed E-state index contributed by atoms with van der Waals surface area (Å²) in [6, 6.07) is 2.66. The van der Waals surface area contributed by atoms with Crippen LogP contribution >= 0.6 is 0 Å². The van der Waals surface area contributed by atoms with Crippen LogP contribution in [-0.4, -0.2) is 16.9 Å². The molecule has 37 heavy (non-hydrogen) atoms. The molecule has 4 nitrogen and oxygen atoms in total. The van der Waals surface area contributed by atoms with Gasteiger partial charge in [0.05, 0.1) is 5.56 Å². The normalized spacial score (nSPS) is 84.2. The number of amides is 1. The van der Waals surface area contributed by atoms with E-state index in [4.69, 9.17) is 10.7 Å². The van der Waals surface area contributed by atoms with Crippen LogP contribution in [0.15, 0.2) is 12.3 Å². The molecule has 14 aliphatic carbocycles. The number of nitrogens with one attached hydrogen (secondary N) is 1. The SMILES string of the molecule is NC(=O)c1cnc2c(c1)CC(C1C3C4C5CC6CC7C8C9C%10C%11C%12CC%13CC%14C%15C3C%10(C%15%11C%13%14%12)C19C48C657)N2. The molecule has 4 heteroatoms. The highest BCUT2D eigenvalue weighted by Crippen LogP contribution is 3.28. The van der Waals surface area contributed by atoms with Gasteiger partial charge in [-0.1, -0.05) is 0 Å². The summed E-state index contributed by atoms with van der Waals surface area (Å²) in [5.74, 6) is 17.9. The highest BCUT2D eigenvalue weighted by atomic mass is 16.1. The number of carbonyl (C=O) groups is 1. The largest absolute Gasteiger partial charge is 0.366 e. The Bertz CT molecular complexity index is 1670. The van der Waals surface area contributed by atoms with Crippen LogP contribution in [-0.2, 0) is 6.42 Å². The first kappa shape index (κ1) is 16.5. The molecule has 2 bridgehead atoms. The Balaban J connectivity index is 0.952. The van der Waals surface area contributed by atoms with Gasteiger partial charge in [-0.05, 0) is 165 Å². The van der Waals surface area contributed by atoms with Crippen molar-refractivity contribution in [1.82, 2.24) is 4.98 Å². The average molecular weight is 486 g/mol. The summed E-state index contributed by atoms with van der Waals surface area (Å²) in [6.45, 7) is 0. The van der Waals surface area contributed by atoms with Crippen LogP contribution in [0.3, 0.4) is 0 Å². The lowest BCUT2D eigenvalue weighted by Crippen LogP contribution is -3.20. The van der Waals surface area contributed by atoms with Crippen LogP contribution in [0.25, 0.3) is 0 Å². The van der Waals surface area contributed by atoms with Crippen molar-refractivity contribution in [2.24, 2.45) is 127 Å². The number of carbonyl (C=O) groups excluding carboxylic acids is 1. The maximum atomic E-state index is 12.0. The van der Waals surface area contributed by atoms with Crippen molar-refractivity contribution in [1.29, 1.82) is 0 Å². The molecule has 14 fully saturated rings. The van der Waals surface area contributed by atoms with Gasteiger partial charge in [-0.2, -0.15) is 0 Å². The molecule has 14 saturated carbocycles. The van der Waals surface area contributed by atoms with Gasteiger partial charge < -0.3 is 11.1 Å². The maximum Gasteiger partial charge on any atom is 0.250 e. The molecule has 1 aliphatic heterocycles. The number of aromatic nitrogens is 1. The van der Waals surface area contributed by atoms with Crippen LogP contribution in [0.2, 0.25) is 0 Å². The summed E-state index contributed by atoms with van der Waals surface area (Å²) in [4.78, 5) is 16.7. The molecule has 1 amide bonds. The van der Waals surface area contributed by atoms with Gasteiger partial charge >= 0.3 is 0 Å². The number of fused-ring (bicyclic) bond motifs is 12. The lowest BCUT2D eigenvalue weighted by atomic mass is 8.81. The Morgan fingerprint density at radius 2 is 1.38 bits per heavy atom. The van der Waals surface area contributed by atoms with Crippen molar-refractivity contribution in [3.05, 3.63) is 23.4 Å². The van der Waals surface area contributed by atoms with E-state index in [-0.39, 0.29) is 5.91 Å². The molecule has 3 N–H and O–H groups in total. The van der Waals surface area contributed by atoms with Crippen LogP contribution in [0.5, 0.6) is 0 Å². The van der Waals surface area contributed by atoms with Crippen molar-refractivity contribution >= 4 is 11.7 Å². The van der Waals surface area contributed by atoms with E-state index in [1.165, 1.54) is 52.9 Å².